The Morgan fingerprint density at radius 2 is 1.89 bits per heavy atom. The van der Waals surface area contributed by atoms with Crippen LogP contribution in [0.4, 0.5) is 5.69 Å². The van der Waals surface area contributed by atoms with Crippen molar-refractivity contribution < 1.29 is 5.11 Å². The van der Waals surface area contributed by atoms with E-state index in [4.69, 9.17) is 5.73 Å². The smallest absolute Gasteiger partial charge is 0.0846 e. The molecule has 0 aliphatic heterocycles. The van der Waals surface area contributed by atoms with E-state index in [1.54, 1.807) is 12.1 Å². The molecule has 1 aromatic carbocycles. The minimum absolute atomic E-state index is 0.340. The molecule has 0 radical (unpaired) electrons. The lowest BCUT2D eigenvalue weighted by molar-refractivity contribution is 0.177. The summed E-state index contributed by atoms with van der Waals surface area (Å²) in [7, 11) is 0. The van der Waals surface area contributed by atoms with Crippen LogP contribution in [0.5, 0.6) is 0 Å². The van der Waals surface area contributed by atoms with Crippen LogP contribution in [0.15, 0.2) is 36.5 Å². The summed E-state index contributed by atoms with van der Waals surface area (Å²) in [4.78, 5) is 0. The summed E-state index contributed by atoms with van der Waals surface area (Å²) in [5, 5.41) is 14.5. The largest absolute Gasteiger partial charge is 0.399 e. The molecule has 1 heterocycles. The first-order valence-corrected chi connectivity index (χ1v) is 6.14. The van der Waals surface area contributed by atoms with Crippen LogP contribution in [0.1, 0.15) is 37.3 Å². The van der Waals surface area contributed by atoms with E-state index in [-0.39, 0.29) is 0 Å². The molecule has 0 spiro atoms. The van der Waals surface area contributed by atoms with Crippen molar-refractivity contribution >= 4 is 5.69 Å². The van der Waals surface area contributed by atoms with Crippen LogP contribution in [0.2, 0.25) is 0 Å². The second-order valence-corrected chi connectivity index (χ2v) is 4.77. The van der Waals surface area contributed by atoms with Gasteiger partial charge in [0, 0.05) is 24.3 Å². The number of rotatable bonds is 4. The first-order valence-electron chi connectivity index (χ1n) is 6.14. The van der Waals surface area contributed by atoms with Crippen molar-refractivity contribution in [3.8, 4) is 0 Å². The van der Waals surface area contributed by atoms with E-state index in [2.05, 4.69) is 18.9 Å². The number of aliphatic hydroxyl groups is 1. The topological polar surface area (TPSA) is 64.1 Å². The van der Waals surface area contributed by atoms with E-state index in [0.29, 0.717) is 18.2 Å². The maximum Gasteiger partial charge on any atom is 0.0846 e. The highest BCUT2D eigenvalue weighted by Gasteiger charge is 2.11. The minimum atomic E-state index is -0.541. The van der Waals surface area contributed by atoms with Crippen LogP contribution >= 0.6 is 0 Å². The van der Waals surface area contributed by atoms with E-state index < -0.39 is 6.10 Å². The van der Waals surface area contributed by atoms with Gasteiger partial charge < -0.3 is 10.8 Å². The fraction of sp³-hybridized carbons (Fsp3) is 0.357. The first-order chi connectivity index (χ1) is 8.56. The monoisotopic (exact) mass is 245 g/mol. The number of nitrogens with two attached hydrogens (primary N) is 1. The van der Waals surface area contributed by atoms with Crippen LogP contribution in [0, 0.1) is 0 Å². The van der Waals surface area contributed by atoms with E-state index in [1.165, 1.54) is 0 Å². The summed E-state index contributed by atoms with van der Waals surface area (Å²) in [6, 6.07) is 9.57. The highest BCUT2D eigenvalue weighted by atomic mass is 16.3. The van der Waals surface area contributed by atoms with Crippen molar-refractivity contribution in [1.29, 1.82) is 0 Å². The number of nitrogen functional groups attached to an aromatic ring is 1. The van der Waals surface area contributed by atoms with Crippen LogP contribution < -0.4 is 5.73 Å². The molecule has 0 fully saturated rings. The van der Waals surface area contributed by atoms with Crippen LogP contribution in [0.25, 0.3) is 0 Å². The summed E-state index contributed by atoms with van der Waals surface area (Å²) in [5.41, 5.74) is 8.08. The second-order valence-electron chi connectivity index (χ2n) is 4.77. The molecule has 1 atom stereocenters. The number of hydrogen-bond acceptors (Lipinski definition) is 3. The van der Waals surface area contributed by atoms with Gasteiger partial charge in [-0.05, 0) is 37.6 Å². The van der Waals surface area contributed by atoms with Gasteiger partial charge in [0.15, 0.2) is 0 Å². The van der Waals surface area contributed by atoms with Gasteiger partial charge in [0.05, 0.1) is 11.8 Å². The van der Waals surface area contributed by atoms with Gasteiger partial charge in [-0.2, -0.15) is 5.10 Å². The molecule has 4 nitrogen and oxygen atoms in total. The number of aromatic nitrogens is 2. The van der Waals surface area contributed by atoms with Gasteiger partial charge >= 0.3 is 0 Å². The molecule has 1 unspecified atom stereocenters. The Hall–Kier alpha value is -1.81. The average Bonchev–Trinajstić information content (AvgIpc) is 2.78. The van der Waals surface area contributed by atoms with Gasteiger partial charge in [0.2, 0.25) is 0 Å². The Labute approximate surface area is 107 Å². The molecule has 0 saturated carbocycles. The number of hydrogen-bond donors (Lipinski definition) is 2. The predicted octanol–water partition coefficient (Wildman–Crippen LogP) is 2.32. The van der Waals surface area contributed by atoms with Gasteiger partial charge in [-0.1, -0.05) is 12.1 Å². The quantitative estimate of drug-likeness (QED) is 0.812. The fourth-order valence-corrected chi connectivity index (χ4v) is 1.81. The molecule has 0 aliphatic carbocycles. The van der Waals surface area contributed by atoms with Crippen LogP contribution in [-0.4, -0.2) is 14.9 Å². The lowest BCUT2D eigenvalue weighted by Gasteiger charge is -2.10. The number of aliphatic hydroxyl groups excluding tert-OH is 1. The third-order valence-electron chi connectivity index (χ3n) is 2.92. The van der Waals surface area contributed by atoms with Crippen LogP contribution in [-0.2, 0) is 6.42 Å². The van der Waals surface area contributed by atoms with Crippen molar-refractivity contribution in [2.45, 2.75) is 32.4 Å². The molecule has 0 aliphatic rings. The molecule has 3 N–H and O–H groups in total. The minimum Gasteiger partial charge on any atom is -0.399 e. The Morgan fingerprint density at radius 1 is 1.22 bits per heavy atom. The highest BCUT2D eigenvalue weighted by molar-refractivity contribution is 5.40. The molecule has 4 heteroatoms. The zero-order valence-electron chi connectivity index (χ0n) is 10.7. The zero-order chi connectivity index (χ0) is 13.1. The summed E-state index contributed by atoms with van der Waals surface area (Å²) < 4.78 is 1.89. The summed E-state index contributed by atoms with van der Waals surface area (Å²) >= 11 is 0. The molecular weight excluding hydrogens is 226 g/mol. The van der Waals surface area contributed by atoms with Gasteiger partial charge in [0.25, 0.3) is 0 Å². The summed E-state index contributed by atoms with van der Waals surface area (Å²) in [5.74, 6) is 0. The standard InChI is InChI=1S/C14H19N3O/c1-10(2)17-8-7-13(16-17)9-14(18)11-3-5-12(15)6-4-11/h3-8,10,14,18H,9,15H2,1-2H3. The predicted molar refractivity (Wildman–Crippen MR) is 72.1 cm³/mol. The Kier molecular flexibility index (Phi) is 3.67. The summed E-state index contributed by atoms with van der Waals surface area (Å²) in [6.07, 6.45) is 1.92. The van der Waals surface area contributed by atoms with Crippen molar-refractivity contribution in [2.75, 3.05) is 5.73 Å². The molecule has 0 bridgehead atoms. The maximum atomic E-state index is 10.1. The van der Waals surface area contributed by atoms with E-state index in [9.17, 15) is 5.11 Å². The number of benzene rings is 1. The summed E-state index contributed by atoms with van der Waals surface area (Å²) in [6.45, 7) is 4.15. The molecule has 2 rings (SSSR count). The number of nitrogens with zero attached hydrogens (tertiary/aromatic N) is 2. The highest BCUT2D eigenvalue weighted by Crippen LogP contribution is 2.19. The van der Waals surface area contributed by atoms with E-state index in [0.717, 1.165) is 11.3 Å². The van der Waals surface area contributed by atoms with E-state index >= 15 is 0 Å². The van der Waals surface area contributed by atoms with E-state index in [1.807, 2.05) is 29.1 Å². The Morgan fingerprint density at radius 3 is 2.44 bits per heavy atom. The Bertz CT molecular complexity index is 502. The first kappa shape index (κ1) is 12.6. The zero-order valence-corrected chi connectivity index (χ0v) is 10.7. The molecular formula is C14H19N3O. The molecule has 96 valence electrons. The molecule has 1 aromatic heterocycles. The lowest BCUT2D eigenvalue weighted by atomic mass is 10.0. The van der Waals surface area contributed by atoms with Gasteiger partial charge in [-0.3, -0.25) is 4.68 Å². The van der Waals surface area contributed by atoms with Crippen molar-refractivity contribution in [2.24, 2.45) is 0 Å². The lowest BCUT2D eigenvalue weighted by Crippen LogP contribution is -2.05. The van der Waals surface area contributed by atoms with Crippen molar-refractivity contribution in [3.63, 3.8) is 0 Å². The van der Waals surface area contributed by atoms with Gasteiger partial charge in [-0.15, -0.1) is 0 Å². The van der Waals surface area contributed by atoms with Crippen molar-refractivity contribution in [1.82, 2.24) is 9.78 Å². The fourth-order valence-electron chi connectivity index (χ4n) is 1.81. The Balaban J connectivity index is 2.06. The second kappa shape index (κ2) is 5.23. The third kappa shape index (κ3) is 2.90. The van der Waals surface area contributed by atoms with Crippen LogP contribution in [0.3, 0.4) is 0 Å². The van der Waals surface area contributed by atoms with Crippen molar-refractivity contribution in [3.05, 3.63) is 47.8 Å². The SMILES string of the molecule is CC(C)n1ccc(CC(O)c2ccc(N)cc2)n1. The normalized spacial score (nSPS) is 12.9. The maximum absolute atomic E-state index is 10.1. The van der Waals surface area contributed by atoms with Gasteiger partial charge in [0.1, 0.15) is 0 Å². The van der Waals surface area contributed by atoms with Gasteiger partial charge in [-0.25, -0.2) is 0 Å². The molecule has 0 saturated heterocycles. The molecule has 2 aromatic rings. The molecule has 0 amide bonds. The average molecular weight is 245 g/mol. The molecule has 18 heavy (non-hydrogen) atoms. The number of anilines is 1. The third-order valence-corrected chi connectivity index (χ3v) is 2.92.